The van der Waals surface area contributed by atoms with Crippen molar-refractivity contribution in [2.24, 2.45) is 10.9 Å². The summed E-state index contributed by atoms with van der Waals surface area (Å²) >= 11 is 6.58. The summed E-state index contributed by atoms with van der Waals surface area (Å²) in [5.74, 6) is 1.49. The quantitative estimate of drug-likeness (QED) is 0.562. The molecule has 2 heterocycles. The van der Waals surface area contributed by atoms with Crippen LogP contribution < -0.4 is 15.4 Å². The Labute approximate surface area is 226 Å². The number of nitrogens with one attached hydrogen (secondary N) is 2. The molecule has 2 aromatic rings. The van der Waals surface area contributed by atoms with Crippen LogP contribution in [0.25, 0.3) is 10.9 Å². The van der Waals surface area contributed by atoms with Gasteiger partial charge in [0.25, 0.3) is 0 Å². The molecule has 0 fully saturated rings. The van der Waals surface area contributed by atoms with Gasteiger partial charge >= 0.3 is 0 Å². The van der Waals surface area contributed by atoms with Crippen LogP contribution in [-0.2, 0) is 19.1 Å². The van der Waals surface area contributed by atoms with Crippen LogP contribution in [0.5, 0.6) is 5.75 Å². The molecule has 2 aliphatic rings. The topological polar surface area (TPSA) is 124 Å². The SMILES string of the molecule is COCCC1CCOc2ccc3ncnc(c3c2)/N=C2\C=C(OC)CC\C2=C(\Cl)NC(=O)CCNC(=O)C1. The van der Waals surface area contributed by atoms with Crippen LogP contribution in [0.2, 0.25) is 0 Å². The van der Waals surface area contributed by atoms with E-state index in [-0.39, 0.29) is 35.9 Å². The van der Waals surface area contributed by atoms with Gasteiger partial charge in [0.15, 0.2) is 5.82 Å². The molecule has 2 amide bonds. The van der Waals surface area contributed by atoms with Gasteiger partial charge < -0.3 is 24.8 Å². The largest absolute Gasteiger partial charge is 0.501 e. The molecule has 0 radical (unpaired) electrons. The summed E-state index contributed by atoms with van der Waals surface area (Å²) in [5, 5.41) is 6.47. The zero-order valence-electron chi connectivity index (χ0n) is 21.6. The number of carbonyl (C=O) groups is 2. The van der Waals surface area contributed by atoms with Gasteiger partial charge in [-0.2, -0.15) is 0 Å². The van der Waals surface area contributed by atoms with Gasteiger partial charge in [-0.25, -0.2) is 15.0 Å². The number of nitrogens with zero attached hydrogens (tertiary/aromatic N) is 3. The zero-order valence-corrected chi connectivity index (χ0v) is 22.3. The highest BCUT2D eigenvalue weighted by atomic mass is 35.5. The van der Waals surface area contributed by atoms with Crippen LogP contribution in [0.15, 0.2) is 52.1 Å². The molecular formula is C27H32ClN5O5. The first-order valence-corrected chi connectivity index (χ1v) is 13.0. The molecule has 0 saturated heterocycles. The molecule has 1 aromatic carbocycles. The van der Waals surface area contributed by atoms with E-state index in [0.29, 0.717) is 72.7 Å². The third-order valence-corrected chi connectivity index (χ3v) is 6.81. The maximum Gasteiger partial charge on any atom is 0.226 e. The number of benzene rings is 1. The van der Waals surface area contributed by atoms with Gasteiger partial charge in [-0.05, 0) is 43.4 Å². The van der Waals surface area contributed by atoms with E-state index in [4.69, 9.17) is 30.8 Å². The van der Waals surface area contributed by atoms with Crippen LogP contribution in [0, 0.1) is 5.92 Å². The molecule has 1 unspecified atom stereocenters. The fourth-order valence-corrected chi connectivity index (χ4v) is 4.67. The highest BCUT2D eigenvalue weighted by molar-refractivity contribution is 6.33. The third kappa shape index (κ3) is 7.29. The van der Waals surface area contributed by atoms with Crippen molar-refractivity contribution in [1.82, 2.24) is 20.6 Å². The fraction of sp³-hybridized carbons (Fsp3) is 0.444. The Morgan fingerprint density at radius 2 is 2.00 bits per heavy atom. The van der Waals surface area contributed by atoms with Crippen molar-refractivity contribution in [3.63, 3.8) is 0 Å². The lowest BCUT2D eigenvalue weighted by molar-refractivity contribution is -0.122. The Bertz CT molecular complexity index is 1280. The van der Waals surface area contributed by atoms with Crippen LogP contribution >= 0.6 is 11.6 Å². The minimum absolute atomic E-state index is 0.0701. The second kappa shape index (κ2) is 13.3. The first-order chi connectivity index (χ1) is 18.5. The molecule has 10 nitrogen and oxygen atoms in total. The molecule has 202 valence electrons. The molecule has 1 atom stereocenters. The van der Waals surface area contributed by atoms with E-state index in [0.717, 1.165) is 12.2 Å². The predicted molar refractivity (Wildman–Crippen MR) is 144 cm³/mol. The van der Waals surface area contributed by atoms with Gasteiger partial charge in [0.05, 0.1) is 30.7 Å². The molecular weight excluding hydrogens is 510 g/mol. The summed E-state index contributed by atoms with van der Waals surface area (Å²) in [6, 6.07) is 5.57. The number of carbonyl (C=O) groups excluding carboxylic acids is 2. The van der Waals surface area contributed by atoms with Gasteiger partial charge in [0.2, 0.25) is 11.8 Å². The van der Waals surface area contributed by atoms with Gasteiger partial charge in [-0.1, -0.05) is 11.6 Å². The third-order valence-electron chi connectivity index (χ3n) is 6.49. The Morgan fingerprint density at radius 3 is 2.82 bits per heavy atom. The molecule has 4 rings (SSSR count). The lowest BCUT2D eigenvalue weighted by Crippen LogP contribution is -2.31. The van der Waals surface area contributed by atoms with Crippen molar-refractivity contribution < 1.29 is 23.8 Å². The van der Waals surface area contributed by atoms with Crippen LogP contribution in [0.3, 0.4) is 0 Å². The van der Waals surface area contributed by atoms with Crippen molar-refractivity contribution in [3.05, 3.63) is 47.1 Å². The van der Waals surface area contributed by atoms with Gasteiger partial charge in [-0.15, -0.1) is 0 Å². The van der Waals surface area contributed by atoms with E-state index in [2.05, 4.69) is 20.6 Å². The van der Waals surface area contributed by atoms with Gasteiger partial charge in [0.1, 0.15) is 17.2 Å². The minimum Gasteiger partial charge on any atom is -0.501 e. The molecule has 0 saturated carbocycles. The minimum atomic E-state index is -0.303. The Kier molecular flexibility index (Phi) is 9.67. The number of methoxy groups -OCH3 is 2. The summed E-state index contributed by atoms with van der Waals surface area (Å²) in [5.41, 5.74) is 1.92. The average molecular weight is 542 g/mol. The lowest BCUT2D eigenvalue weighted by Gasteiger charge is -2.19. The first kappa shape index (κ1) is 27.5. The first-order valence-electron chi connectivity index (χ1n) is 12.6. The number of ether oxygens (including phenoxy) is 3. The summed E-state index contributed by atoms with van der Waals surface area (Å²) in [7, 11) is 3.24. The molecule has 2 N–H and O–H groups in total. The van der Waals surface area contributed by atoms with E-state index in [1.165, 1.54) is 6.33 Å². The summed E-state index contributed by atoms with van der Waals surface area (Å²) in [6.45, 7) is 1.18. The van der Waals surface area contributed by atoms with Crippen LogP contribution in [0.1, 0.15) is 38.5 Å². The van der Waals surface area contributed by atoms with Crippen LogP contribution in [0.4, 0.5) is 5.82 Å². The van der Waals surface area contributed by atoms with Crippen molar-refractivity contribution in [2.75, 3.05) is 34.0 Å². The Morgan fingerprint density at radius 1 is 1.13 bits per heavy atom. The van der Waals surface area contributed by atoms with E-state index < -0.39 is 0 Å². The van der Waals surface area contributed by atoms with Gasteiger partial charge in [-0.3, -0.25) is 9.59 Å². The normalized spacial score (nSPS) is 23.0. The maximum absolute atomic E-state index is 12.6. The van der Waals surface area contributed by atoms with Crippen molar-refractivity contribution in [2.45, 2.75) is 38.5 Å². The van der Waals surface area contributed by atoms with Gasteiger partial charge in [0, 0.05) is 56.6 Å². The summed E-state index contributed by atoms with van der Waals surface area (Å²) < 4.78 is 16.7. The summed E-state index contributed by atoms with van der Waals surface area (Å²) in [6.07, 6.45) is 6.19. The van der Waals surface area contributed by atoms with E-state index in [1.54, 1.807) is 20.3 Å². The number of hydrogen-bond acceptors (Lipinski definition) is 8. The molecule has 11 heteroatoms. The summed E-state index contributed by atoms with van der Waals surface area (Å²) in [4.78, 5) is 38.7. The Hall–Kier alpha value is -3.50. The van der Waals surface area contributed by atoms with Crippen molar-refractivity contribution in [3.8, 4) is 5.75 Å². The molecule has 0 spiro atoms. The zero-order chi connectivity index (χ0) is 26.9. The second-order valence-corrected chi connectivity index (χ2v) is 9.50. The number of halogens is 1. The predicted octanol–water partition coefficient (Wildman–Crippen LogP) is 3.92. The number of allylic oxidation sites excluding steroid dienone is 3. The molecule has 38 heavy (non-hydrogen) atoms. The van der Waals surface area contributed by atoms with E-state index >= 15 is 0 Å². The Balaban J connectivity index is 1.72. The second-order valence-electron chi connectivity index (χ2n) is 9.12. The number of aliphatic imine (C=N–C) groups is 1. The maximum atomic E-state index is 12.6. The molecule has 1 aromatic heterocycles. The smallest absolute Gasteiger partial charge is 0.226 e. The molecule has 2 bridgehead atoms. The highest BCUT2D eigenvalue weighted by Gasteiger charge is 2.21. The average Bonchev–Trinajstić information content (AvgIpc) is 2.91. The highest BCUT2D eigenvalue weighted by Crippen LogP contribution is 2.31. The van der Waals surface area contributed by atoms with Crippen LogP contribution in [-0.4, -0.2) is 61.5 Å². The van der Waals surface area contributed by atoms with E-state index in [9.17, 15) is 9.59 Å². The molecule has 1 aliphatic heterocycles. The molecule has 1 aliphatic carbocycles. The number of hydrogen-bond donors (Lipinski definition) is 2. The number of rotatable bonds is 4. The lowest BCUT2D eigenvalue weighted by atomic mass is 9.98. The standard InChI is InChI=1S/C27H32ClN5O5/c1-36-11-8-17-9-12-38-19-4-6-22-21(14-19)27(31-16-30-22)32-23-15-18(37-2)3-5-20(23)26(28)33-24(34)7-10-29-25(35)13-17/h4,6,14-17H,3,5,7-13H2,1-2H3,(H,29,35)(H,33,34)/b26-20+,32-23+. The number of fused-ring (bicyclic) bond motifs is 2. The van der Waals surface area contributed by atoms with Crippen molar-refractivity contribution in [1.29, 1.82) is 0 Å². The van der Waals surface area contributed by atoms with Crippen molar-refractivity contribution >= 4 is 45.8 Å². The monoisotopic (exact) mass is 541 g/mol. The van der Waals surface area contributed by atoms with E-state index in [1.807, 2.05) is 18.2 Å². The fourth-order valence-electron chi connectivity index (χ4n) is 4.37. The number of aromatic nitrogens is 2. The number of amides is 2.